The quantitative estimate of drug-likeness (QED) is 0.621. The van der Waals surface area contributed by atoms with Crippen molar-refractivity contribution in [3.63, 3.8) is 0 Å². The number of nitrogens with one attached hydrogen (secondary N) is 1. The number of benzene rings is 2. The van der Waals surface area contributed by atoms with Crippen LogP contribution in [0.3, 0.4) is 0 Å². The van der Waals surface area contributed by atoms with Gasteiger partial charge in [0.15, 0.2) is 0 Å². The first-order valence-electron chi connectivity index (χ1n) is 8.16. The largest absolute Gasteiger partial charge is 0.573 e. The number of alkyl halides is 3. The average molecular weight is 446 g/mol. The zero-order valence-corrected chi connectivity index (χ0v) is 16.5. The minimum Gasteiger partial charge on any atom is -0.406 e. The molecule has 29 heavy (non-hydrogen) atoms. The van der Waals surface area contributed by atoms with Crippen LogP contribution in [0.4, 0.5) is 13.2 Å². The second-order valence-corrected chi connectivity index (χ2v) is 8.17. The molecule has 0 saturated carbocycles. The van der Waals surface area contributed by atoms with Crippen LogP contribution in [0.25, 0.3) is 0 Å². The van der Waals surface area contributed by atoms with E-state index in [-0.39, 0.29) is 4.90 Å². The van der Waals surface area contributed by atoms with E-state index >= 15 is 0 Å². The molecule has 1 heterocycles. The molecule has 1 N–H and O–H groups in total. The van der Waals surface area contributed by atoms with Crippen molar-refractivity contribution in [2.24, 2.45) is 7.05 Å². The van der Waals surface area contributed by atoms with Gasteiger partial charge >= 0.3 is 6.36 Å². The number of hydrogen-bond donors (Lipinski definition) is 1. The van der Waals surface area contributed by atoms with Crippen molar-refractivity contribution in [2.75, 3.05) is 0 Å². The minimum absolute atomic E-state index is 0.222. The number of hydrogen-bond acceptors (Lipinski definition) is 4. The Labute approximate surface area is 170 Å². The number of aromatic nitrogens is 2. The molecule has 0 fully saturated rings. The number of nitrogens with zero attached hydrogens (tertiary/aromatic N) is 2. The minimum atomic E-state index is -4.86. The lowest BCUT2D eigenvalue weighted by atomic mass is 10.1. The highest BCUT2D eigenvalue weighted by Crippen LogP contribution is 2.27. The van der Waals surface area contributed by atoms with Crippen LogP contribution in [-0.4, -0.2) is 24.3 Å². The number of ether oxygens (including phenoxy) is 1. The summed E-state index contributed by atoms with van der Waals surface area (Å²) in [4.78, 5) is 3.98. The Morgan fingerprint density at radius 2 is 1.72 bits per heavy atom. The van der Waals surface area contributed by atoms with Crippen LogP contribution in [0.1, 0.15) is 17.4 Å². The summed E-state index contributed by atoms with van der Waals surface area (Å²) >= 11 is 5.91. The van der Waals surface area contributed by atoms with E-state index in [1.807, 2.05) is 0 Å². The molecule has 1 unspecified atom stereocenters. The van der Waals surface area contributed by atoms with Gasteiger partial charge in [-0.3, -0.25) is 0 Å². The van der Waals surface area contributed by atoms with Crippen LogP contribution in [-0.2, 0) is 17.1 Å². The van der Waals surface area contributed by atoms with Crippen molar-refractivity contribution in [1.82, 2.24) is 14.3 Å². The van der Waals surface area contributed by atoms with Crippen molar-refractivity contribution < 1.29 is 26.3 Å². The van der Waals surface area contributed by atoms with Gasteiger partial charge in [-0.2, -0.15) is 4.72 Å². The predicted octanol–water partition coefficient (Wildman–Crippen LogP) is 4.04. The molecule has 3 aromatic rings. The Balaban J connectivity index is 1.92. The van der Waals surface area contributed by atoms with Gasteiger partial charge in [0, 0.05) is 24.5 Å². The second-order valence-electron chi connectivity index (χ2n) is 6.02. The smallest absolute Gasteiger partial charge is 0.406 e. The van der Waals surface area contributed by atoms with Crippen LogP contribution >= 0.6 is 11.6 Å². The first-order valence-corrected chi connectivity index (χ1v) is 10.0. The Kier molecular flexibility index (Phi) is 5.87. The Hall–Kier alpha value is -2.56. The van der Waals surface area contributed by atoms with Crippen LogP contribution in [0.15, 0.2) is 65.8 Å². The van der Waals surface area contributed by atoms with Gasteiger partial charge < -0.3 is 9.30 Å². The summed E-state index contributed by atoms with van der Waals surface area (Å²) in [5.74, 6) is -0.0947. The van der Waals surface area contributed by atoms with E-state index in [1.54, 1.807) is 42.1 Å². The van der Waals surface area contributed by atoms with Gasteiger partial charge in [0.05, 0.1) is 4.90 Å². The molecular weight excluding hydrogens is 431 g/mol. The highest BCUT2D eigenvalue weighted by atomic mass is 35.5. The van der Waals surface area contributed by atoms with E-state index in [0.717, 1.165) is 24.3 Å². The fraction of sp³-hybridized carbons (Fsp3) is 0.167. The molecule has 3 rings (SSSR count). The van der Waals surface area contributed by atoms with Crippen molar-refractivity contribution in [2.45, 2.75) is 17.3 Å². The third-order valence-corrected chi connectivity index (χ3v) is 5.65. The van der Waals surface area contributed by atoms with E-state index in [9.17, 15) is 21.6 Å². The summed E-state index contributed by atoms with van der Waals surface area (Å²) in [7, 11) is -2.38. The number of aryl methyl sites for hydroxylation is 1. The highest BCUT2D eigenvalue weighted by Gasteiger charge is 2.31. The molecule has 0 radical (unpaired) electrons. The number of sulfonamides is 1. The summed E-state index contributed by atoms with van der Waals surface area (Å²) in [6.07, 6.45) is -1.68. The molecule has 1 aromatic heterocycles. The van der Waals surface area contributed by atoms with Crippen LogP contribution in [0, 0.1) is 0 Å². The van der Waals surface area contributed by atoms with Gasteiger partial charge in [0.25, 0.3) is 0 Å². The molecule has 0 aliphatic carbocycles. The normalized spacial score (nSPS) is 13.3. The lowest BCUT2D eigenvalue weighted by Crippen LogP contribution is -2.31. The van der Waals surface area contributed by atoms with Gasteiger partial charge in [-0.1, -0.05) is 23.7 Å². The van der Waals surface area contributed by atoms with Crippen molar-refractivity contribution in [3.8, 4) is 5.75 Å². The van der Waals surface area contributed by atoms with E-state index in [0.29, 0.717) is 16.4 Å². The van der Waals surface area contributed by atoms with Gasteiger partial charge in [-0.05, 0) is 42.0 Å². The number of rotatable bonds is 6. The number of imidazole rings is 1. The van der Waals surface area contributed by atoms with Crippen LogP contribution in [0.2, 0.25) is 5.02 Å². The topological polar surface area (TPSA) is 73.2 Å². The Bertz CT molecular complexity index is 1080. The SMILES string of the molecule is Cn1ccnc1C(NS(=O)(=O)c1ccc(OC(F)(F)F)cc1)c1ccc(Cl)cc1. The van der Waals surface area contributed by atoms with Crippen LogP contribution in [0.5, 0.6) is 5.75 Å². The van der Waals surface area contributed by atoms with E-state index in [4.69, 9.17) is 11.6 Å². The molecule has 11 heteroatoms. The molecule has 1 atom stereocenters. The maximum atomic E-state index is 12.8. The van der Waals surface area contributed by atoms with Gasteiger partial charge in [-0.25, -0.2) is 13.4 Å². The van der Waals surface area contributed by atoms with Crippen molar-refractivity contribution in [3.05, 3.63) is 77.3 Å². The maximum Gasteiger partial charge on any atom is 0.573 e. The average Bonchev–Trinajstić information content (AvgIpc) is 3.05. The summed E-state index contributed by atoms with van der Waals surface area (Å²) in [6, 6.07) is 9.62. The fourth-order valence-corrected chi connectivity index (χ4v) is 3.93. The molecule has 0 saturated heterocycles. The molecule has 2 aromatic carbocycles. The van der Waals surface area contributed by atoms with E-state index in [2.05, 4.69) is 14.4 Å². The van der Waals surface area contributed by atoms with Gasteiger partial charge in [0.1, 0.15) is 17.6 Å². The third-order valence-electron chi connectivity index (χ3n) is 3.96. The van der Waals surface area contributed by atoms with Gasteiger partial charge in [0.2, 0.25) is 10.0 Å². The molecule has 0 aliphatic heterocycles. The fourth-order valence-electron chi connectivity index (χ4n) is 2.62. The lowest BCUT2D eigenvalue weighted by Gasteiger charge is -2.19. The molecule has 0 amide bonds. The maximum absolute atomic E-state index is 12.8. The molecule has 0 spiro atoms. The van der Waals surface area contributed by atoms with Crippen molar-refractivity contribution in [1.29, 1.82) is 0 Å². The predicted molar refractivity (Wildman–Crippen MR) is 99.9 cm³/mol. The van der Waals surface area contributed by atoms with Crippen LogP contribution < -0.4 is 9.46 Å². The standard InChI is InChI=1S/C18H15ClF3N3O3S/c1-25-11-10-23-17(25)16(12-2-4-13(19)5-3-12)24-29(26,27)15-8-6-14(7-9-15)28-18(20,21)22/h2-11,16,24H,1H3. The number of halogens is 4. The first kappa shape index (κ1) is 21.2. The lowest BCUT2D eigenvalue weighted by molar-refractivity contribution is -0.274. The van der Waals surface area contributed by atoms with E-state index in [1.165, 1.54) is 6.20 Å². The van der Waals surface area contributed by atoms with E-state index < -0.39 is 28.2 Å². The van der Waals surface area contributed by atoms with Gasteiger partial charge in [-0.15, -0.1) is 13.2 Å². The second kappa shape index (κ2) is 8.05. The Morgan fingerprint density at radius 3 is 2.24 bits per heavy atom. The molecule has 0 bridgehead atoms. The van der Waals surface area contributed by atoms with Crippen molar-refractivity contribution >= 4 is 21.6 Å². The summed E-state index contributed by atoms with van der Waals surface area (Å²) in [5, 5.41) is 0.482. The molecule has 154 valence electrons. The third kappa shape index (κ3) is 5.28. The highest BCUT2D eigenvalue weighted by molar-refractivity contribution is 7.89. The summed E-state index contributed by atoms with van der Waals surface area (Å²) < 4.78 is 70.5. The zero-order valence-electron chi connectivity index (χ0n) is 14.9. The Morgan fingerprint density at radius 1 is 1.10 bits per heavy atom. The molecule has 6 nitrogen and oxygen atoms in total. The molecular formula is C18H15ClF3N3O3S. The zero-order chi connectivity index (χ0) is 21.2. The summed E-state index contributed by atoms with van der Waals surface area (Å²) in [5.41, 5.74) is 0.587. The first-order chi connectivity index (χ1) is 13.5. The molecule has 0 aliphatic rings. The summed E-state index contributed by atoms with van der Waals surface area (Å²) in [6.45, 7) is 0. The monoisotopic (exact) mass is 445 g/mol.